The Morgan fingerprint density at radius 3 is 2.81 bits per heavy atom. The minimum atomic E-state index is -0.270. The van der Waals surface area contributed by atoms with Gasteiger partial charge in [-0.05, 0) is 48.6 Å². The molecule has 0 aliphatic heterocycles. The van der Waals surface area contributed by atoms with Crippen molar-refractivity contribution in [3.05, 3.63) is 64.3 Å². The third-order valence-corrected chi connectivity index (χ3v) is 5.64. The number of carbonyl (C=O) groups excluding carboxylic acids is 1. The number of esters is 1. The van der Waals surface area contributed by atoms with E-state index in [-0.39, 0.29) is 12.4 Å². The maximum Gasteiger partial charge on any atom is 0.310 e. The van der Waals surface area contributed by atoms with Gasteiger partial charge in [-0.25, -0.2) is 0 Å². The van der Waals surface area contributed by atoms with Crippen molar-refractivity contribution in [2.24, 2.45) is 5.92 Å². The average molecular weight is 428 g/mol. The molecule has 0 N–H and O–H groups in total. The lowest BCUT2D eigenvalue weighted by Crippen LogP contribution is -2.07. The van der Waals surface area contributed by atoms with Crippen LogP contribution in [0.3, 0.4) is 0 Å². The number of rotatable bonds is 7. The van der Waals surface area contributed by atoms with Crippen molar-refractivity contribution in [3.8, 4) is 5.75 Å². The molecule has 4 nitrogen and oxygen atoms in total. The van der Waals surface area contributed by atoms with Gasteiger partial charge in [-0.3, -0.25) is 4.79 Å². The Kier molecular flexibility index (Phi) is 5.21. The van der Waals surface area contributed by atoms with Gasteiger partial charge in [-0.15, -0.1) is 0 Å². The fourth-order valence-electron chi connectivity index (χ4n) is 3.31. The maximum atomic E-state index is 11.6. The SMILES string of the molecule is COC(=O)Cc1ccccc1OCc1cc(Br)c2ccn(CC3CC3)c2c1. The number of para-hydroxylation sites is 1. The molecule has 0 spiro atoms. The first-order chi connectivity index (χ1) is 13.1. The molecule has 1 saturated carbocycles. The number of fused-ring (bicyclic) bond motifs is 1. The highest BCUT2D eigenvalue weighted by Crippen LogP contribution is 2.34. The molecule has 0 radical (unpaired) electrons. The zero-order valence-corrected chi connectivity index (χ0v) is 16.9. The van der Waals surface area contributed by atoms with Crippen LogP contribution in [0.25, 0.3) is 10.9 Å². The van der Waals surface area contributed by atoms with Crippen molar-refractivity contribution in [1.29, 1.82) is 0 Å². The predicted octanol–water partition coefficient (Wildman–Crippen LogP) is 5.11. The summed E-state index contributed by atoms with van der Waals surface area (Å²) in [5.74, 6) is 1.27. The van der Waals surface area contributed by atoms with E-state index >= 15 is 0 Å². The lowest BCUT2D eigenvalue weighted by Gasteiger charge is -2.12. The van der Waals surface area contributed by atoms with Gasteiger partial charge in [-0.1, -0.05) is 34.1 Å². The minimum absolute atomic E-state index is 0.208. The maximum absolute atomic E-state index is 11.6. The molecule has 0 saturated heterocycles. The van der Waals surface area contributed by atoms with Crippen molar-refractivity contribution in [3.63, 3.8) is 0 Å². The van der Waals surface area contributed by atoms with Crippen molar-refractivity contribution < 1.29 is 14.3 Å². The van der Waals surface area contributed by atoms with Crippen LogP contribution in [0.5, 0.6) is 5.75 Å². The molecule has 140 valence electrons. The second-order valence-electron chi connectivity index (χ2n) is 7.07. The van der Waals surface area contributed by atoms with Crippen LogP contribution in [0.4, 0.5) is 0 Å². The molecule has 1 aliphatic carbocycles. The van der Waals surface area contributed by atoms with Gasteiger partial charge in [0.2, 0.25) is 0 Å². The molecule has 1 aromatic heterocycles. The van der Waals surface area contributed by atoms with Gasteiger partial charge in [0.1, 0.15) is 12.4 Å². The van der Waals surface area contributed by atoms with Crippen LogP contribution >= 0.6 is 15.9 Å². The fourth-order valence-corrected chi connectivity index (χ4v) is 3.94. The van der Waals surface area contributed by atoms with Gasteiger partial charge in [0.15, 0.2) is 0 Å². The molecule has 0 atom stereocenters. The second kappa shape index (κ2) is 7.77. The number of ether oxygens (including phenoxy) is 2. The van der Waals surface area contributed by atoms with Gasteiger partial charge in [0.05, 0.1) is 13.5 Å². The lowest BCUT2D eigenvalue weighted by atomic mass is 10.1. The zero-order valence-electron chi connectivity index (χ0n) is 15.3. The molecule has 1 fully saturated rings. The Morgan fingerprint density at radius 2 is 2.04 bits per heavy atom. The van der Waals surface area contributed by atoms with Crippen LogP contribution in [0, 0.1) is 5.92 Å². The molecule has 0 bridgehead atoms. The van der Waals surface area contributed by atoms with E-state index in [0.717, 1.165) is 28.1 Å². The summed E-state index contributed by atoms with van der Waals surface area (Å²) in [5, 5.41) is 1.23. The summed E-state index contributed by atoms with van der Waals surface area (Å²) in [4.78, 5) is 11.6. The fraction of sp³-hybridized carbons (Fsp3) is 0.318. The standard InChI is InChI=1S/C22H22BrNO3/c1-26-22(25)12-17-4-2-3-5-21(17)27-14-16-10-19(23)18-8-9-24(20(18)11-16)13-15-6-7-15/h2-5,8-11,15H,6-7,12-14H2,1H3. The Balaban J connectivity index is 1.54. The zero-order chi connectivity index (χ0) is 18.8. The largest absolute Gasteiger partial charge is 0.489 e. The lowest BCUT2D eigenvalue weighted by molar-refractivity contribution is -0.139. The van der Waals surface area contributed by atoms with Gasteiger partial charge >= 0.3 is 5.97 Å². The van der Waals surface area contributed by atoms with Crippen molar-refractivity contribution in [2.75, 3.05) is 7.11 Å². The van der Waals surface area contributed by atoms with Crippen LogP contribution in [-0.2, 0) is 29.1 Å². The first kappa shape index (κ1) is 18.1. The van der Waals surface area contributed by atoms with Crippen LogP contribution < -0.4 is 4.74 Å². The number of hydrogen-bond acceptors (Lipinski definition) is 3. The monoisotopic (exact) mass is 427 g/mol. The van der Waals surface area contributed by atoms with Gasteiger partial charge < -0.3 is 14.0 Å². The summed E-state index contributed by atoms with van der Waals surface area (Å²) in [6.45, 7) is 1.53. The molecule has 2 aromatic carbocycles. The molecule has 4 rings (SSSR count). The van der Waals surface area contributed by atoms with E-state index in [4.69, 9.17) is 9.47 Å². The molecule has 27 heavy (non-hydrogen) atoms. The van der Waals surface area contributed by atoms with Crippen LogP contribution in [0.1, 0.15) is 24.0 Å². The molecule has 0 unspecified atom stereocenters. The average Bonchev–Trinajstić information content (AvgIpc) is 3.40. The Morgan fingerprint density at radius 1 is 1.22 bits per heavy atom. The van der Waals surface area contributed by atoms with E-state index in [0.29, 0.717) is 12.4 Å². The van der Waals surface area contributed by atoms with Gasteiger partial charge in [0, 0.05) is 33.7 Å². The molecular weight excluding hydrogens is 406 g/mol. The normalized spacial score (nSPS) is 13.7. The summed E-state index contributed by atoms with van der Waals surface area (Å²) < 4.78 is 14.2. The van der Waals surface area contributed by atoms with E-state index < -0.39 is 0 Å². The molecule has 5 heteroatoms. The van der Waals surface area contributed by atoms with E-state index in [1.165, 1.54) is 30.9 Å². The molecule has 3 aromatic rings. The third kappa shape index (κ3) is 4.19. The predicted molar refractivity (Wildman–Crippen MR) is 109 cm³/mol. The summed E-state index contributed by atoms with van der Waals surface area (Å²) in [6.07, 6.45) is 5.05. The topological polar surface area (TPSA) is 40.5 Å². The molecule has 1 aliphatic rings. The summed E-state index contributed by atoms with van der Waals surface area (Å²) in [5.41, 5.74) is 3.16. The molecule has 0 amide bonds. The molecule has 1 heterocycles. The number of aromatic nitrogens is 1. The highest BCUT2D eigenvalue weighted by Gasteiger charge is 2.22. The second-order valence-corrected chi connectivity index (χ2v) is 7.93. The van der Waals surface area contributed by atoms with Crippen molar-refractivity contribution in [2.45, 2.75) is 32.4 Å². The third-order valence-electron chi connectivity index (χ3n) is 4.98. The Labute approximate surface area is 167 Å². The number of carbonyl (C=O) groups is 1. The van der Waals surface area contributed by atoms with Gasteiger partial charge in [0.25, 0.3) is 0 Å². The van der Waals surface area contributed by atoms with Crippen LogP contribution in [0.15, 0.2) is 53.1 Å². The number of methoxy groups -OCH3 is 1. The van der Waals surface area contributed by atoms with Crippen LogP contribution in [0.2, 0.25) is 0 Å². The van der Waals surface area contributed by atoms with Crippen LogP contribution in [-0.4, -0.2) is 17.6 Å². The summed E-state index contributed by atoms with van der Waals surface area (Å²) in [7, 11) is 1.40. The Bertz CT molecular complexity index is 975. The number of halogens is 1. The number of benzene rings is 2. The smallest absolute Gasteiger partial charge is 0.310 e. The number of hydrogen-bond donors (Lipinski definition) is 0. The van der Waals surface area contributed by atoms with Crippen molar-refractivity contribution in [1.82, 2.24) is 4.57 Å². The van der Waals surface area contributed by atoms with Gasteiger partial charge in [-0.2, -0.15) is 0 Å². The first-order valence-electron chi connectivity index (χ1n) is 9.19. The molecular formula is C22H22BrNO3. The summed E-state index contributed by atoms with van der Waals surface area (Å²) in [6, 6.07) is 14.1. The highest BCUT2D eigenvalue weighted by molar-refractivity contribution is 9.10. The summed E-state index contributed by atoms with van der Waals surface area (Å²) >= 11 is 3.70. The number of nitrogens with zero attached hydrogens (tertiary/aromatic N) is 1. The highest BCUT2D eigenvalue weighted by atomic mass is 79.9. The van der Waals surface area contributed by atoms with E-state index in [9.17, 15) is 4.79 Å². The van der Waals surface area contributed by atoms with E-state index in [1.54, 1.807) is 0 Å². The first-order valence-corrected chi connectivity index (χ1v) is 9.98. The minimum Gasteiger partial charge on any atom is -0.489 e. The van der Waals surface area contributed by atoms with E-state index in [2.05, 4.69) is 44.9 Å². The van der Waals surface area contributed by atoms with E-state index in [1.807, 2.05) is 24.3 Å². The quantitative estimate of drug-likeness (QED) is 0.491. The van der Waals surface area contributed by atoms with Crippen molar-refractivity contribution >= 4 is 32.8 Å². The Hall–Kier alpha value is -2.27.